The van der Waals surface area contributed by atoms with Crippen molar-refractivity contribution < 1.29 is 48.1 Å². The Kier molecular flexibility index (Phi) is 11.4. The lowest BCUT2D eigenvalue weighted by molar-refractivity contribution is -0.330. The smallest absolute Gasteiger partial charge is 0.190 e. The average molecular weight is 651 g/mol. The summed E-state index contributed by atoms with van der Waals surface area (Å²) >= 11 is 0. The van der Waals surface area contributed by atoms with Crippen LogP contribution < -0.4 is 0 Å². The van der Waals surface area contributed by atoms with Crippen molar-refractivity contribution in [2.24, 2.45) is 5.92 Å². The minimum Gasteiger partial charge on any atom is -0.394 e. The van der Waals surface area contributed by atoms with E-state index in [1.165, 1.54) is 0 Å². The molecule has 3 saturated heterocycles. The molecule has 10 nitrogen and oxygen atoms in total. The summed E-state index contributed by atoms with van der Waals surface area (Å²) < 4.78 is 51.0. The van der Waals surface area contributed by atoms with Crippen molar-refractivity contribution in [1.82, 2.24) is 0 Å². The van der Waals surface area contributed by atoms with Gasteiger partial charge in [-0.3, -0.25) is 0 Å². The topological polar surface area (TPSA) is 114 Å². The molecule has 3 aromatic rings. The Hall–Kier alpha value is -2.74. The Bertz CT molecular complexity index is 1360. The summed E-state index contributed by atoms with van der Waals surface area (Å²) in [7, 11) is 0. The lowest BCUT2D eigenvalue weighted by Crippen LogP contribution is -2.59. The lowest BCUT2D eigenvalue weighted by Gasteiger charge is -2.46. The van der Waals surface area contributed by atoms with E-state index < -0.39 is 67.7 Å². The molecule has 3 aliphatic heterocycles. The molecule has 0 amide bonds. The number of fused-ring (bicyclic) bond motifs is 1. The van der Waals surface area contributed by atoms with E-state index in [1.54, 1.807) is 13.8 Å². The van der Waals surface area contributed by atoms with Gasteiger partial charge in [-0.15, -0.1) is 0 Å². The minimum atomic E-state index is -1.22. The average Bonchev–Trinajstić information content (AvgIpc) is 3.56. The number of aliphatic hydroxyl groups is 2. The molecule has 254 valence electrons. The van der Waals surface area contributed by atoms with Crippen LogP contribution in [-0.4, -0.2) is 84.5 Å². The van der Waals surface area contributed by atoms with E-state index >= 15 is 0 Å². The van der Waals surface area contributed by atoms with Gasteiger partial charge >= 0.3 is 0 Å². The second kappa shape index (κ2) is 15.7. The van der Waals surface area contributed by atoms with Crippen molar-refractivity contribution in [2.75, 3.05) is 13.2 Å². The monoisotopic (exact) mass is 650 g/mol. The third-order valence-electron chi connectivity index (χ3n) is 8.83. The zero-order chi connectivity index (χ0) is 32.8. The summed E-state index contributed by atoms with van der Waals surface area (Å²) in [5, 5.41) is 20.6. The molecule has 10 heteroatoms. The number of rotatable bonds is 14. The van der Waals surface area contributed by atoms with Crippen molar-refractivity contribution in [1.29, 1.82) is 0 Å². The van der Waals surface area contributed by atoms with Gasteiger partial charge in [0.25, 0.3) is 0 Å². The van der Waals surface area contributed by atoms with E-state index in [-0.39, 0.29) is 12.5 Å². The molecule has 0 bridgehead atoms. The van der Waals surface area contributed by atoms with Gasteiger partial charge in [0, 0.05) is 5.92 Å². The number of hydrogen-bond acceptors (Lipinski definition) is 10. The summed E-state index contributed by atoms with van der Waals surface area (Å²) in [6.07, 6.45) is -6.82. The third-order valence-corrected chi connectivity index (χ3v) is 8.83. The highest BCUT2D eigenvalue weighted by Gasteiger charge is 2.59. The van der Waals surface area contributed by atoms with Gasteiger partial charge in [-0.25, -0.2) is 0 Å². The summed E-state index contributed by atoms with van der Waals surface area (Å²) in [5.74, 6) is -1.12. The first-order valence-electron chi connectivity index (χ1n) is 16.3. The summed E-state index contributed by atoms with van der Waals surface area (Å²) in [4.78, 5) is 0. The quantitative estimate of drug-likeness (QED) is 0.261. The van der Waals surface area contributed by atoms with Crippen LogP contribution in [0.3, 0.4) is 0 Å². The predicted molar refractivity (Wildman–Crippen MR) is 171 cm³/mol. The van der Waals surface area contributed by atoms with E-state index in [0.29, 0.717) is 19.8 Å². The van der Waals surface area contributed by atoms with E-state index in [0.717, 1.165) is 16.7 Å². The molecular formula is C37H46O10. The second-order valence-corrected chi connectivity index (χ2v) is 12.8. The molecule has 6 rings (SSSR count). The van der Waals surface area contributed by atoms with Crippen LogP contribution in [0.2, 0.25) is 0 Å². The predicted octanol–water partition coefficient (Wildman–Crippen LogP) is 4.35. The Morgan fingerprint density at radius 1 is 0.723 bits per heavy atom. The minimum absolute atomic E-state index is 0.206. The van der Waals surface area contributed by atoms with E-state index in [9.17, 15) is 10.2 Å². The van der Waals surface area contributed by atoms with Crippen LogP contribution in [0.4, 0.5) is 0 Å². The van der Waals surface area contributed by atoms with E-state index in [4.69, 9.17) is 37.9 Å². The van der Waals surface area contributed by atoms with Gasteiger partial charge < -0.3 is 48.1 Å². The van der Waals surface area contributed by atoms with Crippen LogP contribution in [0.5, 0.6) is 0 Å². The molecule has 10 atom stereocenters. The molecule has 3 aliphatic rings. The van der Waals surface area contributed by atoms with Crippen molar-refractivity contribution in [2.45, 2.75) is 102 Å². The molecule has 3 aromatic carbocycles. The summed E-state index contributed by atoms with van der Waals surface area (Å²) in [6.45, 7) is 6.50. The molecule has 0 aliphatic carbocycles. The fraction of sp³-hybridized carbons (Fsp3) is 0.514. The molecule has 0 aromatic heterocycles. The van der Waals surface area contributed by atoms with Gasteiger partial charge in [-0.05, 0) is 30.5 Å². The van der Waals surface area contributed by atoms with Gasteiger partial charge in [-0.1, -0.05) is 97.9 Å². The number of aliphatic hydroxyl groups excluding tert-OH is 2. The molecule has 3 unspecified atom stereocenters. The van der Waals surface area contributed by atoms with Crippen molar-refractivity contribution in [3.63, 3.8) is 0 Å². The van der Waals surface area contributed by atoms with Crippen LogP contribution in [0.15, 0.2) is 91.0 Å². The fourth-order valence-corrected chi connectivity index (χ4v) is 6.46. The highest BCUT2D eigenvalue weighted by Crippen LogP contribution is 2.42. The maximum Gasteiger partial charge on any atom is 0.190 e. The highest BCUT2D eigenvalue weighted by molar-refractivity contribution is 5.15. The van der Waals surface area contributed by atoms with E-state index in [2.05, 4.69) is 6.92 Å². The highest BCUT2D eigenvalue weighted by atomic mass is 16.9. The second-order valence-electron chi connectivity index (χ2n) is 12.8. The van der Waals surface area contributed by atoms with Gasteiger partial charge in [0.05, 0.1) is 39.1 Å². The first kappa shape index (κ1) is 34.1. The summed E-state index contributed by atoms with van der Waals surface area (Å²) in [5.41, 5.74) is 3.09. The van der Waals surface area contributed by atoms with Crippen LogP contribution in [0, 0.1) is 5.92 Å². The molecule has 3 heterocycles. The van der Waals surface area contributed by atoms with Crippen molar-refractivity contribution in [3.05, 3.63) is 108 Å². The van der Waals surface area contributed by atoms with Gasteiger partial charge in [0.15, 0.2) is 18.4 Å². The SMILES string of the molecule is C[C@@H]1C(OCc2ccccc2)[C@H](O[C@@H]2[C@H]3OC(C)(C)O[C@H]3O[C@@H]2C(O)CO)OC(COCc2ccccc2)[C@@H]1OCc1ccccc1. The van der Waals surface area contributed by atoms with Gasteiger partial charge in [0.1, 0.15) is 36.6 Å². The molecule has 47 heavy (non-hydrogen) atoms. The Morgan fingerprint density at radius 2 is 1.28 bits per heavy atom. The summed E-state index contributed by atoms with van der Waals surface area (Å²) in [6, 6.07) is 29.9. The first-order valence-corrected chi connectivity index (χ1v) is 16.3. The van der Waals surface area contributed by atoms with Crippen molar-refractivity contribution >= 4 is 0 Å². The first-order chi connectivity index (χ1) is 22.8. The molecular weight excluding hydrogens is 604 g/mol. The number of ether oxygens (including phenoxy) is 8. The Morgan fingerprint density at radius 3 is 1.85 bits per heavy atom. The maximum absolute atomic E-state index is 10.7. The van der Waals surface area contributed by atoms with Crippen LogP contribution in [0.25, 0.3) is 0 Å². The lowest BCUT2D eigenvalue weighted by atomic mass is 9.90. The maximum atomic E-state index is 10.7. The van der Waals surface area contributed by atoms with E-state index in [1.807, 2.05) is 91.0 Å². The van der Waals surface area contributed by atoms with Crippen LogP contribution >= 0.6 is 0 Å². The van der Waals surface area contributed by atoms with Crippen LogP contribution in [0.1, 0.15) is 37.5 Å². The number of hydrogen-bond donors (Lipinski definition) is 2. The Labute approximate surface area is 276 Å². The zero-order valence-corrected chi connectivity index (χ0v) is 27.1. The van der Waals surface area contributed by atoms with Crippen molar-refractivity contribution in [3.8, 4) is 0 Å². The Balaban J connectivity index is 1.26. The van der Waals surface area contributed by atoms with Gasteiger partial charge in [0.2, 0.25) is 0 Å². The molecule has 0 radical (unpaired) electrons. The standard InChI is InChI=1S/C37H46O10/c1-24-30(41-21-26-15-9-5-10-16-26)29(23-40-20-25-13-7-4-8-14-25)43-35(31(24)42-22-27-17-11-6-12-18-27)45-33-32(28(39)19-38)44-36-34(33)46-37(2,3)47-36/h4-18,24,28-36,38-39H,19-23H2,1-3H3/t24-,28?,29?,30+,31?,32+,33-,34+,35-,36+/m0/s1. The largest absolute Gasteiger partial charge is 0.394 e. The third kappa shape index (κ3) is 8.47. The zero-order valence-electron chi connectivity index (χ0n) is 27.1. The fourth-order valence-electron chi connectivity index (χ4n) is 6.46. The molecule has 3 fully saturated rings. The number of benzene rings is 3. The van der Waals surface area contributed by atoms with Gasteiger partial charge in [-0.2, -0.15) is 0 Å². The van der Waals surface area contributed by atoms with Crippen LogP contribution in [-0.2, 0) is 57.7 Å². The molecule has 0 spiro atoms. The normalized spacial score (nSPS) is 32.2. The molecule has 0 saturated carbocycles. The molecule has 2 N–H and O–H groups in total.